The monoisotopic (exact) mass is 316 g/mol. The van der Waals surface area contributed by atoms with Crippen molar-refractivity contribution in [2.24, 2.45) is 0 Å². The minimum atomic E-state index is -0.316. The molecule has 1 heterocycles. The molecule has 0 bridgehead atoms. The number of halogens is 1. The molecular weight excluding hydrogens is 299 g/mol. The molecule has 0 saturated heterocycles. The molecule has 2 aromatic rings. The van der Waals surface area contributed by atoms with E-state index < -0.39 is 0 Å². The van der Waals surface area contributed by atoms with Crippen molar-refractivity contribution in [3.05, 3.63) is 46.9 Å². The van der Waals surface area contributed by atoms with E-state index in [2.05, 4.69) is 16.9 Å². The second-order valence-electron chi connectivity index (χ2n) is 4.80. The van der Waals surface area contributed by atoms with E-state index >= 15 is 0 Å². The Morgan fingerprint density at radius 1 is 1.32 bits per heavy atom. The van der Waals surface area contributed by atoms with Gasteiger partial charge in [-0.3, -0.25) is 0 Å². The van der Waals surface area contributed by atoms with Crippen molar-refractivity contribution in [1.82, 2.24) is 9.97 Å². The Labute approximate surface area is 133 Å². The van der Waals surface area contributed by atoms with Crippen LogP contribution < -0.4 is 5.73 Å². The van der Waals surface area contributed by atoms with Crippen LogP contribution in [0.2, 0.25) is 0 Å². The Morgan fingerprint density at radius 2 is 2.09 bits per heavy atom. The largest absolute Gasteiger partial charge is 0.382 e. The first kappa shape index (κ1) is 16.2. The molecule has 0 amide bonds. The van der Waals surface area contributed by atoms with Gasteiger partial charge in [-0.25, -0.2) is 14.4 Å². The highest BCUT2D eigenvalue weighted by atomic mass is 32.2. The minimum Gasteiger partial charge on any atom is -0.382 e. The Balaban J connectivity index is 2.32. The summed E-state index contributed by atoms with van der Waals surface area (Å²) in [5.74, 6) is 0.729. The van der Waals surface area contributed by atoms with Gasteiger partial charge in [0.05, 0.1) is 5.69 Å². The predicted octanol–water partition coefficient (Wildman–Crippen LogP) is 3.55. The van der Waals surface area contributed by atoms with Gasteiger partial charge in [0.15, 0.2) is 5.16 Å². The first-order chi connectivity index (χ1) is 10.7. The van der Waals surface area contributed by atoms with Gasteiger partial charge < -0.3 is 5.73 Å². The standard InChI is InChI=1S/C16H17FN4S/c1-2-3-8-22-16-20-14(12(10-18)15(19)21-16)9-11-6-4-5-7-13(11)17/h4-7H,2-3,8-9H2,1H3,(H2,19,20,21). The number of anilines is 1. The van der Waals surface area contributed by atoms with Crippen LogP contribution in [-0.4, -0.2) is 15.7 Å². The van der Waals surface area contributed by atoms with E-state index in [-0.39, 0.29) is 23.6 Å². The van der Waals surface area contributed by atoms with E-state index in [9.17, 15) is 9.65 Å². The van der Waals surface area contributed by atoms with Crippen LogP contribution in [-0.2, 0) is 6.42 Å². The van der Waals surface area contributed by atoms with Gasteiger partial charge in [0.1, 0.15) is 23.3 Å². The van der Waals surface area contributed by atoms with Gasteiger partial charge in [-0.05, 0) is 18.1 Å². The number of nitrogens with two attached hydrogens (primary N) is 1. The van der Waals surface area contributed by atoms with Crippen LogP contribution in [0.3, 0.4) is 0 Å². The molecular formula is C16H17FN4S. The minimum absolute atomic E-state index is 0.155. The molecule has 114 valence electrons. The van der Waals surface area contributed by atoms with Crippen molar-refractivity contribution in [3.63, 3.8) is 0 Å². The second-order valence-corrected chi connectivity index (χ2v) is 5.86. The topological polar surface area (TPSA) is 75.6 Å². The summed E-state index contributed by atoms with van der Waals surface area (Å²) in [6, 6.07) is 8.47. The molecule has 2 rings (SSSR count). The number of nitriles is 1. The third-order valence-electron chi connectivity index (χ3n) is 3.15. The zero-order valence-corrected chi connectivity index (χ0v) is 13.2. The lowest BCUT2D eigenvalue weighted by atomic mass is 10.1. The van der Waals surface area contributed by atoms with Crippen LogP contribution in [0.4, 0.5) is 10.2 Å². The molecule has 1 aromatic carbocycles. The van der Waals surface area contributed by atoms with E-state index in [4.69, 9.17) is 5.73 Å². The Morgan fingerprint density at radius 3 is 2.77 bits per heavy atom. The van der Waals surface area contributed by atoms with Crippen LogP contribution in [0, 0.1) is 17.1 Å². The number of unbranched alkanes of at least 4 members (excludes halogenated alkanes) is 1. The molecule has 2 N–H and O–H groups in total. The fourth-order valence-corrected chi connectivity index (χ4v) is 2.90. The predicted molar refractivity (Wildman–Crippen MR) is 86.0 cm³/mol. The molecule has 6 heteroatoms. The number of hydrogen-bond donors (Lipinski definition) is 1. The lowest BCUT2D eigenvalue weighted by Crippen LogP contribution is -2.07. The highest BCUT2D eigenvalue weighted by molar-refractivity contribution is 7.99. The summed E-state index contributed by atoms with van der Waals surface area (Å²) >= 11 is 1.50. The smallest absolute Gasteiger partial charge is 0.189 e. The van der Waals surface area contributed by atoms with Crippen LogP contribution in [0.5, 0.6) is 0 Å². The number of thioether (sulfide) groups is 1. The number of rotatable bonds is 6. The summed E-state index contributed by atoms with van der Waals surface area (Å²) in [7, 11) is 0. The van der Waals surface area contributed by atoms with Crippen molar-refractivity contribution in [2.75, 3.05) is 11.5 Å². The third-order valence-corrected chi connectivity index (χ3v) is 4.08. The first-order valence-corrected chi connectivity index (χ1v) is 8.07. The SMILES string of the molecule is CCCCSc1nc(N)c(C#N)c(Cc2ccccc2F)n1. The molecule has 0 fully saturated rings. The number of hydrogen-bond acceptors (Lipinski definition) is 5. The first-order valence-electron chi connectivity index (χ1n) is 7.08. The molecule has 0 spiro atoms. The fourth-order valence-electron chi connectivity index (χ4n) is 1.95. The molecule has 0 radical (unpaired) electrons. The highest BCUT2D eigenvalue weighted by Gasteiger charge is 2.14. The van der Waals surface area contributed by atoms with E-state index in [0.717, 1.165) is 18.6 Å². The molecule has 0 aliphatic rings. The molecule has 0 aliphatic heterocycles. The number of benzene rings is 1. The molecule has 0 atom stereocenters. The van der Waals surface area contributed by atoms with Gasteiger partial charge in [-0.15, -0.1) is 0 Å². The molecule has 0 aliphatic carbocycles. The van der Waals surface area contributed by atoms with Gasteiger partial charge in [-0.1, -0.05) is 43.3 Å². The summed E-state index contributed by atoms with van der Waals surface area (Å²) in [5.41, 5.74) is 7.03. The summed E-state index contributed by atoms with van der Waals surface area (Å²) in [6.07, 6.45) is 2.36. The lowest BCUT2D eigenvalue weighted by molar-refractivity contribution is 0.612. The van der Waals surface area contributed by atoms with Crippen LogP contribution in [0.15, 0.2) is 29.4 Å². The van der Waals surface area contributed by atoms with Crippen molar-refractivity contribution in [3.8, 4) is 6.07 Å². The summed E-state index contributed by atoms with van der Waals surface area (Å²) < 4.78 is 13.8. The number of aromatic nitrogens is 2. The maximum absolute atomic E-state index is 13.8. The van der Waals surface area contributed by atoms with Crippen molar-refractivity contribution in [1.29, 1.82) is 5.26 Å². The maximum Gasteiger partial charge on any atom is 0.189 e. The van der Waals surface area contributed by atoms with E-state index in [0.29, 0.717) is 16.4 Å². The van der Waals surface area contributed by atoms with Gasteiger partial charge >= 0.3 is 0 Å². The van der Waals surface area contributed by atoms with Crippen molar-refractivity contribution < 1.29 is 4.39 Å². The average molecular weight is 316 g/mol. The number of nitrogens with zero attached hydrogens (tertiary/aromatic N) is 3. The average Bonchev–Trinajstić information content (AvgIpc) is 2.50. The number of nitrogen functional groups attached to an aromatic ring is 1. The van der Waals surface area contributed by atoms with E-state index in [1.165, 1.54) is 17.8 Å². The van der Waals surface area contributed by atoms with Gasteiger partial charge in [0, 0.05) is 12.2 Å². The van der Waals surface area contributed by atoms with Gasteiger partial charge in [0.25, 0.3) is 0 Å². The van der Waals surface area contributed by atoms with Crippen molar-refractivity contribution in [2.45, 2.75) is 31.3 Å². The Hall–Kier alpha value is -2.13. The highest BCUT2D eigenvalue weighted by Crippen LogP contribution is 2.23. The Kier molecular flexibility index (Phi) is 5.73. The van der Waals surface area contributed by atoms with E-state index in [1.54, 1.807) is 18.2 Å². The molecule has 1 aromatic heterocycles. The summed E-state index contributed by atoms with van der Waals surface area (Å²) in [5, 5.41) is 9.78. The molecule has 0 unspecified atom stereocenters. The maximum atomic E-state index is 13.8. The molecule has 0 saturated carbocycles. The van der Waals surface area contributed by atoms with Crippen LogP contribution in [0.25, 0.3) is 0 Å². The quantitative estimate of drug-likeness (QED) is 0.501. The summed E-state index contributed by atoms with van der Waals surface area (Å²) in [4.78, 5) is 8.55. The Bertz CT molecular complexity index is 697. The molecule has 22 heavy (non-hydrogen) atoms. The van der Waals surface area contributed by atoms with Crippen LogP contribution >= 0.6 is 11.8 Å². The van der Waals surface area contributed by atoms with Gasteiger partial charge in [0.2, 0.25) is 0 Å². The lowest BCUT2D eigenvalue weighted by Gasteiger charge is -2.09. The molecule has 4 nitrogen and oxygen atoms in total. The van der Waals surface area contributed by atoms with Crippen molar-refractivity contribution >= 4 is 17.6 Å². The second kappa shape index (κ2) is 7.76. The fraction of sp³-hybridized carbons (Fsp3) is 0.312. The van der Waals surface area contributed by atoms with Crippen LogP contribution in [0.1, 0.15) is 36.6 Å². The van der Waals surface area contributed by atoms with E-state index in [1.807, 2.05) is 6.07 Å². The normalized spacial score (nSPS) is 10.4. The zero-order chi connectivity index (χ0) is 15.9. The van der Waals surface area contributed by atoms with Gasteiger partial charge in [-0.2, -0.15) is 5.26 Å². The third kappa shape index (κ3) is 3.95. The zero-order valence-electron chi connectivity index (χ0n) is 12.3. The summed E-state index contributed by atoms with van der Waals surface area (Å²) in [6.45, 7) is 2.11.